The lowest BCUT2D eigenvalue weighted by molar-refractivity contribution is 0.124. The highest BCUT2D eigenvalue weighted by molar-refractivity contribution is 4.80. The number of hydrogen-bond acceptors (Lipinski definition) is 2. The van der Waals surface area contributed by atoms with Gasteiger partial charge in [0.2, 0.25) is 0 Å². The van der Waals surface area contributed by atoms with Gasteiger partial charge in [-0.05, 0) is 51.0 Å². The lowest BCUT2D eigenvalue weighted by atomic mass is 9.85. The van der Waals surface area contributed by atoms with Crippen molar-refractivity contribution in [3.05, 3.63) is 0 Å². The summed E-state index contributed by atoms with van der Waals surface area (Å²) in [6, 6.07) is 1.39. The zero-order chi connectivity index (χ0) is 12.1. The Hall–Kier alpha value is -0.0800. The molecule has 0 spiro atoms. The van der Waals surface area contributed by atoms with Crippen LogP contribution in [-0.2, 0) is 0 Å². The molecular weight excluding hydrogens is 208 g/mol. The fourth-order valence-electron chi connectivity index (χ4n) is 3.69. The molecule has 0 bridgehead atoms. The first-order valence-electron chi connectivity index (χ1n) is 7.79. The van der Waals surface area contributed by atoms with Crippen LogP contribution in [-0.4, -0.2) is 30.1 Å². The third kappa shape index (κ3) is 3.96. The van der Waals surface area contributed by atoms with E-state index in [1.807, 2.05) is 0 Å². The van der Waals surface area contributed by atoms with Crippen molar-refractivity contribution in [2.24, 2.45) is 11.7 Å². The van der Waals surface area contributed by atoms with Crippen LogP contribution >= 0.6 is 0 Å². The normalized spacial score (nSPS) is 31.9. The van der Waals surface area contributed by atoms with Crippen LogP contribution in [0.15, 0.2) is 0 Å². The number of rotatable bonds is 4. The molecule has 0 atom stereocenters. The lowest BCUT2D eigenvalue weighted by Gasteiger charge is -2.37. The van der Waals surface area contributed by atoms with E-state index in [1.165, 1.54) is 70.9 Å². The Morgan fingerprint density at radius 2 is 1.59 bits per heavy atom. The number of nitrogens with two attached hydrogens (primary N) is 1. The fourth-order valence-corrected chi connectivity index (χ4v) is 3.69. The van der Waals surface area contributed by atoms with Crippen molar-refractivity contribution in [3.8, 4) is 0 Å². The van der Waals surface area contributed by atoms with Crippen molar-refractivity contribution >= 4 is 0 Å². The molecule has 0 saturated heterocycles. The Morgan fingerprint density at radius 3 is 2.18 bits per heavy atom. The molecule has 2 rings (SSSR count). The van der Waals surface area contributed by atoms with Crippen molar-refractivity contribution in [2.45, 2.75) is 76.8 Å². The summed E-state index contributed by atoms with van der Waals surface area (Å²) in [7, 11) is 0. The summed E-state index contributed by atoms with van der Waals surface area (Å²) in [6.45, 7) is 4.92. The van der Waals surface area contributed by atoms with Crippen LogP contribution in [0, 0.1) is 5.92 Å². The summed E-state index contributed by atoms with van der Waals surface area (Å²) in [5.74, 6) is 0.927. The minimum Gasteiger partial charge on any atom is -0.328 e. The molecule has 0 unspecified atom stereocenters. The van der Waals surface area contributed by atoms with Crippen LogP contribution < -0.4 is 5.73 Å². The molecule has 2 aliphatic carbocycles. The summed E-state index contributed by atoms with van der Waals surface area (Å²) in [4.78, 5) is 2.76. The van der Waals surface area contributed by atoms with Gasteiger partial charge in [0, 0.05) is 18.6 Å². The van der Waals surface area contributed by atoms with Gasteiger partial charge in [0.1, 0.15) is 0 Å². The second-order valence-corrected chi connectivity index (χ2v) is 6.16. The maximum absolute atomic E-state index is 5.99. The van der Waals surface area contributed by atoms with E-state index in [0.717, 1.165) is 12.0 Å². The van der Waals surface area contributed by atoms with Gasteiger partial charge in [-0.15, -0.1) is 0 Å². The van der Waals surface area contributed by atoms with Gasteiger partial charge in [-0.25, -0.2) is 0 Å². The Morgan fingerprint density at radius 1 is 0.941 bits per heavy atom. The predicted molar refractivity (Wildman–Crippen MR) is 74.1 cm³/mol. The van der Waals surface area contributed by atoms with E-state index in [9.17, 15) is 0 Å². The van der Waals surface area contributed by atoms with Gasteiger partial charge in [0.25, 0.3) is 0 Å². The molecule has 0 amide bonds. The summed E-state index contributed by atoms with van der Waals surface area (Å²) in [6.07, 6.45) is 12.5. The summed E-state index contributed by atoms with van der Waals surface area (Å²) in [5, 5.41) is 0. The summed E-state index contributed by atoms with van der Waals surface area (Å²) >= 11 is 0. The third-order valence-corrected chi connectivity index (χ3v) is 4.88. The molecule has 2 heteroatoms. The van der Waals surface area contributed by atoms with Crippen LogP contribution in [0.4, 0.5) is 0 Å². The van der Waals surface area contributed by atoms with E-state index in [1.54, 1.807) is 0 Å². The van der Waals surface area contributed by atoms with Crippen molar-refractivity contribution in [1.82, 2.24) is 4.90 Å². The molecule has 0 aromatic rings. The fraction of sp³-hybridized carbons (Fsp3) is 1.00. The monoisotopic (exact) mass is 238 g/mol. The smallest absolute Gasteiger partial charge is 0.00952 e. The minimum atomic E-state index is 0.496. The average Bonchev–Trinajstić information content (AvgIpc) is 2.39. The van der Waals surface area contributed by atoms with Gasteiger partial charge in [-0.3, -0.25) is 0 Å². The van der Waals surface area contributed by atoms with Gasteiger partial charge < -0.3 is 10.6 Å². The molecule has 2 N–H and O–H groups in total. The molecule has 0 heterocycles. The van der Waals surface area contributed by atoms with Gasteiger partial charge >= 0.3 is 0 Å². The van der Waals surface area contributed by atoms with E-state index in [2.05, 4.69) is 11.8 Å². The molecule has 0 aliphatic heterocycles. The Labute approximate surface area is 107 Å². The third-order valence-electron chi connectivity index (χ3n) is 4.88. The first-order chi connectivity index (χ1) is 8.29. The topological polar surface area (TPSA) is 29.3 Å². The Bertz CT molecular complexity index is 203. The van der Waals surface area contributed by atoms with E-state index in [-0.39, 0.29) is 0 Å². The van der Waals surface area contributed by atoms with Crippen LogP contribution in [0.1, 0.15) is 64.7 Å². The average molecular weight is 238 g/mol. The highest BCUT2D eigenvalue weighted by Crippen LogP contribution is 2.28. The zero-order valence-electron chi connectivity index (χ0n) is 11.5. The molecule has 0 aromatic heterocycles. The van der Waals surface area contributed by atoms with Gasteiger partial charge in [-0.2, -0.15) is 0 Å². The standard InChI is InChI=1S/C15H30N2/c1-2-17(15-6-4-3-5-7-15)12-13-8-10-14(16)11-9-13/h13-15H,2-12,16H2,1H3. The molecule has 0 radical (unpaired) electrons. The van der Waals surface area contributed by atoms with Crippen LogP contribution in [0.5, 0.6) is 0 Å². The van der Waals surface area contributed by atoms with Crippen molar-refractivity contribution in [3.63, 3.8) is 0 Å². The largest absolute Gasteiger partial charge is 0.328 e. The molecule has 2 aliphatic rings. The molecule has 17 heavy (non-hydrogen) atoms. The predicted octanol–water partition coefficient (Wildman–Crippen LogP) is 3.16. The number of nitrogens with zero attached hydrogens (tertiary/aromatic N) is 1. The van der Waals surface area contributed by atoms with E-state index in [4.69, 9.17) is 5.73 Å². The second kappa shape index (κ2) is 6.75. The van der Waals surface area contributed by atoms with Crippen LogP contribution in [0.25, 0.3) is 0 Å². The molecule has 2 fully saturated rings. The SMILES string of the molecule is CCN(CC1CCC(N)CC1)C1CCCCC1. The highest BCUT2D eigenvalue weighted by Gasteiger charge is 2.25. The first-order valence-corrected chi connectivity index (χ1v) is 7.79. The Kier molecular flexibility index (Phi) is 5.30. The van der Waals surface area contributed by atoms with Gasteiger partial charge in [-0.1, -0.05) is 26.2 Å². The van der Waals surface area contributed by atoms with Crippen molar-refractivity contribution < 1.29 is 0 Å². The van der Waals surface area contributed by atoms with E-state index in [0.29, 0.717) is 6.04 Å². The lowest BCUT2D eigenvalue weighted by Crippen LogP contribution is -2.41. The summed E-state index contributed by atoms with van der Waals surface area (Å²) in [5.41, 5.74) is 5.99. The second-order valence-electron chi connectivity index (χ2n) is 6.16. The number of hydrogen-bond donors (Lipinski definition) is 1. The highest BCUT2D eigenvalue weighted by atomic mass is 15.1. The molecular formula is C15H30N2. The van der Waals surface area contributed by atoms with Gasteiger partial charge in [0.15, 0.2) is 0 Å². The van der Waals surface area contributed by atoms with Crippen LogP contribution in [0.3, 0.4) is 0 Å². The Balaban J connectivity index is 1.78. The molecule has 2 nitrogen and oxygen atoms in total. The van der Waals surface area contributed by atoms with E-state index >= 15 is 0 Å². The maximum Gasteiger partial charge on any atom is 0.00952 e. The minimum absolute atomic E-state index is 0.496. The van der Waals surface area contributed by atoms with Crippen molar-refractivity contribution in [2.75, 3.05) is 13.1 Å². The zero-order valence-corrected chi connectivity index (χ0v) is 11.5. The van der Waals surface area contributed by atoms with Crippen LogP contribution in [0.2, 0.25) is 0 Å². The van der Waals surface area contributed by atoms with Gasteiger partial charge in [0.05, 0.1) is 0 Å². The quantitative estimate of drug-likeness (QED) is 0.815. The molecule has 2 saturated carbocycles. The van der Waals surface area contributed by atoms with E-state index < -0.39 is 0 Å². The summed E-state index contributed by atoms with van der Waals surface area (Å²) < 4.78 is 0. The van der Waals surface area contributed by atoms with Crippen molar-refractivity contribution in [1.29, 1.82) is 0 Å². The first kappa shape index (κ1) is 13.4. The molecule has 0 aromatic carbocycles. The molecule has 100 valence electrons. The maximum atomic E-state index is 5.99.